The minimum atomic E-state index is -0.574. The molecule has 0 spiro atoms. The van der Waals surface area contributed by atoms with Crippen LogP contribution in [0.4, 0.5) is 46.0 Å². The molecule has 8 aromatic rings. The summed E-state index contributed by atoms with van der Waals surface area (Å²) in [6.45, 7) is 15.3. The number of nitriles is 1. The monoisotopic (exact) mass is 1010 g/mol. The maximum atomic E-state index is 12.9. The number of carbonyl (C=O) groups is 3. The number of anilines is 8. The van der Waals surface area contributed by atoms with Crippen molar-refractivity contribution in [1.82, 2.24) is 29.7 Å². The minimum Gasteiger partial charge on any atom is -0.465 e. The Morgan fingerprint density at radius 2 is 1.04 bits per heavy atom. The Morgan fingerprint density at radius 1 is 0.579 bits per heavy atom. The van der Waals surface area contributed by atoms with Crippen LogP contribution in [0.1, 0.15) is 15.9 Å². The molecule has 76 heavy (non-hydrogen) atoms. The summed E-state index contributed by atoms with van der Waals surface area (Å²) in [5, 5.41) is 23.5. The van der Waals surface area contributed by atoms with Gasteiger partial charge < -0.3 is 45.6 Å². The zero-order chi connectivity index (χ0) is 53.1. The molecule has 10 rings (SSSR count). The molecule has 2 aliphatic rings. The van der Waals surface area contributed by atoms with Gasteiger partial charge in [0.2, 0.25) is 23.7 Å². The third-order valence-electron chi connectivity index (χ3n) is 13.3. The van der Waals surface area contributed by atoms with Crippen LogP contribution in [0.2, 0.25) is 0 Å². The molecule has 2 saturated heterocycles. The highest BCUT2D eigenvalue weighted by Crippen LogP contribution is 2.36. The normalized spacial score (nSPS) is 13.7. The highest BCUT2D eigenvalue weighted by atomic mass is 16.5. The number of hydrogen-bond donors (Lipinski definition) is 4. The van der Waals surface area contributed by atoms with E-state index in [2.05, 4.69) is 108 Å². The van der Waals surface area contributed by atoms with Gasteiger partial charge in [-0.05, 0) is 99.0 Å². The number of hydrogen-bond acceptors (Lipinski definition) is 15. The van der Waals surface area contributed by atoms with Gasteiger partial charge >= 0.3 is 5.97 Å². The number of nitrogens with zero attached hydrogens (tertiary/aromatic N) is 9. The van der Waals surface area contributed by atoms with Gasteiger partial charge in [0.25, 0.3) is 0 Å². The average Bonchev–Trinajstić information content (AvgIpc) is 3.46. The lowest BCUT2D eigenvalue weighted by atomic mass is 9.96. The molecular weight excluding hydrogens is 955 g/mol. The van der Waals surface area contributed by atoms with Crippen LogP contribution < -0.4 is 31.1 Å². The number of benzene rings is 6. The van der Waals surface area contributed by atoms with Crippen LogP contribution in [0.25, 0.3) is 44.1 Å². The van der Waals surface area contributed by atoms with Crippen LogP contribution in [0, 0.1) is 11.3 Å². The summed E-state index contributed by atoms with van der Waals surface area (Å²) in [5.41, 5.74) is 9.87. The molecule has 17 heteroatoms. The van der Waals surface area contributed by atoms with Crippen molar-refractivity contribution < 1.29 is 19.1 Å². The minimum absolute atomic E-state index is 0.232. The standard InChI is InChI=1S/C30H30N6O3.C29H27N7O/c1-4-26(37)33-25-10-6-8-23(27(25)29(38)39-3)24-9-5-7-20-19-31-30(34-28(20)24)32-21-11-13-22(14-12-21)36-17-15-35(2)16-18-36;1-3-27(37)32-23-8-7-20(18-30)26(17-23)25-6-4-5-21-19-31-29(34-28(21)25)33-22-9-11-24(12-10-22)36-15-13-35(2)14-16-36/h4-14,19H,1,15-18H2,2-3H3,(H,33,37)(H,31,32,34);3-12,17,19H,1,13-16H2,2H3,(H,32,37)(H,31,33,34). The van der Waals surface area contributed by atoms with E-state index in [1.807, 2.05) is 60.7 Å². The number of methoxy groups -OCH3 is 1. The van der Waals surface area contributed by atoms with Crippen LogP contribution >= 0.6 is 0 Å². The zero-order valence-corrected chi connectivity index (χ0v) is 42.6. The van der Waals surface area contributed by atoms with Gasteiger partial charge in [0.15, 0.2) is 0 Å². The molecule has 6 aromatic carbocycles. The zero-order valence-electron chi connectivity index (χ0n) is 42.6. The lowest BCUT2D eigenvalue weighted by Gasteiger charge is -2.34. The first kappa shape index (κ1) is 51.4. The first-order valence-corrected chi connectivity index (χ1v) is 24.8. The molecule has 2 aromatic heterocycles. The van der Waals surface area contributed by atoms with Gasteiger partial charge in [0, 0.05) is 126 Å². The predicted octanol–water partition coefficient (Wildman–Crippen LogP) is 9.49. The highest BCUT2D eigenvalue weighted by molar-refractivity contribution is 6.10. The quantitative estimate of drug-likeness (QED) is 0.0629. The summed E-state index contributed by atoms with van der Waals surface area (Å²) in [5.74, 6) is -0.432. The SMILES string of the molecule is C=CC(=O)Nc1ccc(C#N)c(-c2cccc3cnc(Nc4ccc(N5CCN(C)CC5)cc4)nc23)c1.C=CC(=O)Nc1cccc(-c2cccc3cnc(Nc4ccc(N5CCN(C)CC5)cc4)nc23)c1C(=O)OC. The Kier molecular flexibility index (Phi) is 15.9. The van der Waals surface area contributed by atoms with Gasteiger partial charge in [0.05, 0.1) is 41.0 Å². The van der Waals surface area contributed by atoms with E-state index in [0.717, 1.165) is 86.1 Å². The van der Waals surface area contributed by atoms with E-state index in [9.17, 15) is 19.6 Å². The van der Waals surface area contributed by atoms with Gasteiger partial charge in [-0.15, -0.1) is 0 Å². The molecule has 0 unspecified atom stereocenters. The number of aromatic nitrogens is 4. The second-order valence-electron chi connectivity index (χ2n) is 18.3. The number of amides is 2. The fourth-order valence-electron chi connectivity index (χ4n) is 9.09. The molecule has 4 heterocycles. The molecule has 2 fully saturated rings. The van der Waals surface area contributed by atoms with Crippen molar-refractivity contribution in [2.75, 3.05) is 105 Å². The van der Waals surface area contributed by atoms with Crippen LogP contribution in [-0.2, 0) is 14.3 Å². The van der Waals surface area contributed by atoms with Gasteiger partial charge in [-0.3, -0.25) is 9.59 Å². The van der Waals surface area contributed by atoms with Gasteiger partial charge in [-0.2, -0.15) is 5.26 Å². The lowest BCUT2D eigenvalue weighted by molar-refractivity contribution is -0.112. The maximum Gasteiger partial charge on any atom is 0.340 e. The van der Waals surface area contributed by atoms with Crippen LogP contribution in [0.3, 0.4) is 0 Å². The molecule has 4 N–H and O–H groups in total. The number of likely N-dealkylation sites (N-methyl/N-ethyl adjacent to an activating group) is 2. The Labute approximate surface area is 441 Å². The molecule has 0 saturated carbocycles. The molecule has 0 bridgehead atoms. The lowest BCUT2D eigenvalue weighted by Crippen LogP contribution is -2.44. The van der Waals surface area contributed by atoms with Crippen molar-refractivity contribution in [2.24, 2.45) is 0 Å². The van der Waals surface area contributed by atoms with E-state index < -0.39 is 11.9 Å². The molecule has 2 amide bonds. The van der Waals surface area contributed by atoms with E-state index >= 15 is 0 Å². The molecular formula is C59H57N13O4. The number of piperazine rings is 2. The van der Waals surface area contributed by atoms with Gasteiger partial charge in [-0.25, -0.2) is 24.7 Å². The van der Waals surface area contributed by atoms with Gasteiger partial charge in [-0.1, -0.05) is 61.7 Å². The first-order chi connectivity index (χ1) is 37.0. The number of para-hydroxylation sites is 2. The Morgan fingerprint density at radius 3 is 1.53 bits per heavy atom. The number of carbonyl (C=O) groups excluding carboxylic acids is 3. The predicted molar refractivity (Wildman–Crippen MR) is 303 cm³/mol. The summed E-state index contributed by atoms with van der Waals surface area (Å²) in [4.78, 5) is 64.7. The van der Waals surface area contributed by atoms with Crippen LogP contribution in [0.5, 0.6) is 0 Å². The van der Waals surface area contributed by atoms with E-state index in [-0.39, 0.29) is 11.5 Å². The molecule has 0 atom stereocenters. The van der Waals surface area contributed by atoms with E-state index in [1.165, 1.54) is 24.6 Å². The van der Waals surface area contributed by atoms with E-state index in [0.29, 0.717) is 56.6 Å². The number of rotatable bonds is 13. The number of nitrogens with one attached hydrogen (secondary N) is 4. The Bertz CT molecular complexity index is 3490. The third-order valence-corrected chi connectivity index (χ3v) is 13.3. The van der Waals surface area contributed by atoms with Crippen molar-refractivity contribution in [3.8, 4) is 28.3 Å². The highest BCUT2D eigenvalue weighted by Gasteiger charge is 2.22. The van der Waals surface area contributed by atoms with Crippen LogP contribution in [-0.4, -0.2) is 121 Å². The Hall–Kier alpha value is -9.50. The summed E-state index contributed by atoms with van der Waals surface area (Å²) in [6.07, 6.45) is 5.86. The molecule has 17 nitrogen and oxygen atoms in total. The van der Waals surface area contributed by atoms with E-state index in [4.69, 9.17) is 14.7 Å². The topological polar surface area (TPSA) is 197 Å². The largest absolute Gasteiger partial charge is 0.465 e. The number of fused-ring (bicyclic) bond motifs is 2. The molecule has 0 radical (unpaired) electrons. The van der Waals surface area contributed by atoms with Crippen LogP contribution in [0.15, 0.2) is 159 Å². The fraction of sp³-hybridized carbons (Fsp3) is 0.186. The average molecular weight is 1010 g/mol. The summed E-state index contributed by atoms with van der Waals surface area (Å²) < 4.78 is 5.06. The Balaban J connectivity index is 0.000000186. The second kappa shape index (κ2) is 23.6. The molecule has 382 valence electrons. The summed E-state index contributed by atoms with van der Waals surface area (Å²) in [7, 11) is 5.60. The first-order valence-electron chi connectivity index (χ1n) is 24.8. The summed E-state index contributed by atoms with van der Waals surface area (Å²) in [6, 6.07) is 40.6. The summed E-state index contributed by atoms with van der Waals surface area (Å²) >= 11 is 0. The number of esters is 1. The van der Waals surface area contributed by atoms with E-state index in [1.54, 1.807) is 48.8 Å². The fourth-order valence-corrected chi connectivity index (χ4v) is 9.09. The van der Waals surface area contributed by atoms with Crippen molar-refractivity contribution in [3.63, 3.8) is 0 Å². The third kappa shape index (κ3) is 12.0. The van der Waals surface area contributed by atoms with Gasteiger partial charge in [0.1, 0.15) is 0 Å². The molecule has 0 aliphatic carbocycles. The van der Waals surface area contributed by atoms with Crippen molar-refractivity contribution in [3.05, 3.63) is 170 Å². The number of ether oxygens (including phenoxy) is 1. The van der Waals surface area contributed by atoms with Crippen molar-refractivity contribution in [1.29, 1.82) is 5.26 Å². The van der Waals surface area contributed by atoms with Crippen molar-refractivity contribution in [2.45, 2.75) is 0 Å². The smallest absolute Gasteiger partial charge is 0.340 e. The second-order valence-corrected chi connectivity index (χ2v) is 18.3. The maximum absolute atomic E-state index is 12.9. The van der Waals surface area contributed by atoms with Crippen molar-refractivity contribution >= 4 is 85.6 Å². The molecule has 2 aliphatic heterocycles.